The molecule has 1 N–H and O–H groups in total. The summed E-state index contributed by atoms with van der Waals surface area (Å²) in [7, 11) is 1.19. The quantitative estimate of drug-likeness (QED) is 0.714. The molecule has 0 saturated carbocycles. The van der Waals surface area contributed by atoms with Gasteiger partial charge in [-0.3, -0.25) is 4.79 Å². The molecule has 1 rings (SSSR count). The maximum atomic E-state index is 12.3. The molecule has 1 fully saturated rings. The second-order valence-electron chi connectivity index (χ2n) is 3.29. The first-order chi connectivity index (χ1) is 6.45. The molecule has 0 aromatic heterocycles. The van der Waals surface area contributed by atoms with E-state index in [9.17, 15) is 18.0 Å². The third-order valence-corrected chi connectivity index (χ3v) is 2.33. The first-order valence-electron chi connectivity index (χ1n) is 4.33. The van der Waals surface area contributed by atoms with Gasteiger partial charge >= 0.3 is 12.1 Å². The molecular formula is C8H13ClF3NO2. The smallest absolute Gasteiger partial charge is 0.403 e. The molecule has 0 bridgehead atoms. The van der Waals surface area contributed by atoms with Crippen molar-refractivity contribution in [1.82, 2.24) is 5.32 Å². The Labute approximate surface area is 91.8 Å². The molecule has 0 amide bonds. The van der Waals surface area contributed by atoms with E-state index in [1.165, 1.54) is 7.11 Å². The molecule has 90 valence electrons. The molecule has 1 heterocycles. The van der Waals surface area contributed by atoms with Crippen molar-refractivity contribution in [3.05, 3.63) is 0 Å². The Hall–Kier alpha value is -0.490. The van der Waals surface area contributed by atoms with Crippen LogP contribution in [0, 0.1) is 5.92 Å². The summed E-state index contributed by atoms with van der Waals surface area (Å²) < 4.78 is 41.2. The Balaban J connectivity index is 0.00000196. The van der Waals surface area contributed by atoms with Crippen LogP contribution in [0.5, 0.6) is 0 Å². The van der Waals surface area contributed by atoms with Gasteiger partial charge in [-0.25, -0.2) is 0 Å². The summed E-state index contributed by atoms with van der Waals surface area (Å²) in [6, 6.07) is -1.58. The zero-order chi connectivity index (χ0) is 10.8. The van der Waals surface area contributed by atoms with E-state index >= 15 is 0 Å². The standard InChI is InChI=1S/C8H12F3NO2.ClH/c1-14-7(13)5-2-3-12-6(4-5)8(9,10)11;/h5-6,12H,2-4H2,1H3;1H. The fourth-order valence-corrected chi connectivity index (χ4v) is 1.55. The van der Waals surface area contributed by atoms with Crippen LogP contribution in [0.25, 0.3) is 0 Å². The highest BCUT2D eigenvalue weighted by Gasteiger charge is 2.43. The van der Waals surface area contributed by atoms with E-state index in [1.807, 2.05) is 0 Å². The summed E-state index contributed by atoms with van der Waals surface area (Å²) in [4.78, 5) is 11.0. The molecule has 1 aliphatic heterocycles. The van der Waals surface area contributed by atoms with Gasteiger partial charge in [0, 0.05) is 0 Å². The lowest BCUT2D eigenvalue weighted by atomic mass is 9.92. The molecule has 0 aromatic carbocycles. The van der Waals surface area contributed by atoms with Crippen LogP contribution in [0.1, 0.15) is 12.8 Å². The van der Waals surface area contributed by atoms with E-state index in [0.717, 1.165) is 0 Å². The van der Waals surface area contributed by atoms with Crippen LogP contribution in [-0.2, 0) is 9.53 Å². The van der Waals surface area contributed by atoms with Gasteiger partial charge in [-0.05, 0) is 19.4 Å². The van der Waals surface area contributed by atoms with Gasteiger partial charge in [-0.15, -0.1) is 12.4 Å². The van der Waals surface area contributed by atoms with Crippen LogP contribution >= 0.6 is 12.4 Å². The molecule has 1 aliphatic rings. The first kappa shape index (κ1) is 14.5. The number of methoxy groups -OCH3 is 1. The topological polar surface area (TPSA) is 38.3 Å². The van der Waals surface area contributed by atoms with Crippen molar-refractivity contribution >= 4 is 18.4 Å². The largest absolute Gasteiger partial charge is 0.469 e. The average molecular weight is 248 g/mol. The van der Waals surface area contributed by atoms with Crippen LogP contribution in [0.3, 0.4) is 0 Å². The predicted octanol–water partition coefficient (Wildman–Crippen LogP) is 1.51. The van der Waals surface area contributed by atoms with E-state index in [0.29, 0.717) is 6.42 Å². The fraction of sp³-hybridized carbons (Fsp3) is 0.875. The van der Waals surface area contributed by atoms with Gasteiger partial charge in [-0.2, -0.15) is 13.2 Å². The number of rotatable bonds is 1. The maximum Gasteiger partial charge on any atom is 0.403 e. The summed E-state index contributed by atoms with van der Waals surface area (Å²) in [6.45, 7) is 0.198. The van der Waals surface area contributed by atoms with Crippen LogP contribution in [0.2, 0.25) is 0 Å². The van der Waals surface area contributed by atoms with E-state index in [1.54, 1.807) is 0 Å². The van der Waals surface area contributed by atoms with Gasteiger partial charge in [0.15, 0.2) is 0 Å². The first-order valence-corrected chi connectivity index (χ1v) is 4.33. The molecule has 0 spiro atoms. The molecule has 0 aliphatic carbocycles. The monoisotopic (exact) mass is 247 g/mol. The molecule has 0 aromatic rings. The molecule has 7 heteroatoms. The number of carbonyl (C=O) groups is 1. The lowest BCUT2D eigenvalue weighted by molar-refractivity contribution is -0.169. The van der Waals surface area contributed by atoms with E-state index in [4.69, 9.17) is 0 Å². The van der Waals surface area contributed by atoms with Crippen molar-refractivity contribution in [3.63, 3.8) is 0 Å². The minimum absolute atomic E-state index is 0. The number of piperidine rings is 1. The minimum atomic E-state index is -4.29. The lowest BCUT2D eigenvalue weighted by Gasteiger charge is -2.30. The van der Waals surface area contributed by atoms with E-state index < -0.39 is 24.1 Å². The number of carbonyl (C=O) groups excluding carboxylic acids is 1. The molecule has 0 radical (unpaired) electrons. The van der Waals surface area contributed by atoms with Crippen molar-refractivity contribution in [2.45, 2.75) is 25.1 Å². The van der Waals surface area contributed by atoms with Crippen molar-refractivity contribution in [2.75, 3.05) is 13.7 Å². The third kappa shape index (κ3) is 3.87. The third-order valence-electron chi connectivity index (χ3n) is 2.33. The highest BCUT2D eigenvalue weighted by atomic mass is 35.5. The molecule has 15 heavy (non-hydrogen) atoms. The molecular weight excluding hydrogens is 235 g/mol. The van der Waals surface area contributed by atoms with Crippen molar-refractivity contribution in [3.8, 4) is 0 Å². The van der Waals surface area contributed by atoms with Crippen LogP contribution in [0.15, 0.2) is 0 Å². The molecule has 2 atom stereocenters. The number of nitrogens with one attached hydrogen (secondary N) is 1. The van der Waals surface area contributed by atoms with Crippen molar-refractivity contribution in [2.24, 2.45) is 5.92 Å². The molecule has 2 unspecified atom stereocenters. The van der Waals surface area contributed by atoms with Gasteiger partial charge in [0.1, 0.15) is 6.04 Å². The summed E-state index contributed by atoms with van der Waals surface area (Å²) in [6.07, 6.45) is -4.11. The van der Waals surface area contributed by atoms with E-state index in [-0.39, 0.29) is 25.4 Å². The Morgan fingerprint density at radius 1 is 1.47 bits per heavy atom. The Morgan fingerprint density at radius 3 is 2.53 bits per heavy atom. The zero-order valence-electron chi connectivity index (χ0n) is 8.13. The zero-order valence-corrected chi connectivity index (χ0v) is 8.95. The van der Waals surface area contributed by atoms with E-state index in [2.05, 4.69) is 10.1 Å². The van der Waals surface area contributed by atoms with Gasteiger partial charge in [0.05, 0.1) is 13.0 Å². The van der Waals surface area contributed by atoms with Gasteiger partial charge in [0.2, 0.25) is 0 Å². The number of ether oxygens (including phenoxy) is 1. The second-order valence-corrected chi connectivity index (χ2v) is 3.29. The van der Waals surface area contributed by atoms with Gasteiger partial charge in [0.25, 0.3) is 0 Å². The lowest BCUT2D eigenvalue weighted by Crippen LogP contribution is -2.49. The average Bonchev–Trinajstić information content (AvgIpc) is 2.15. The molecule has 1 saturated heterocycles. The highest BCUT2D eigenvalue weighted by Crippen LogP contribution is 2.29. The molecule has 3 nitrogen and oxygen atoms in total. The van der Waals surface area contributed by atoms with Crippen molar-refractivity contribution < 1.29 is 22.7 Å². The normalized spacial score (nSPS) is 26.7. The van der Waals surface area contributed by atoms with Crippen LogP contribution in [-0.4, -0.2) is 31.8 Å². The Kier molecular flexibility index (Phi) is 5.37. The summed E-state index contributed by atoms with van der Waals surface area (Å²) in [5.41, 5.74) is 0. The van der Waals surface area contributed by atoms with Crippen LogP contribution < -0.4 is 5.32 Å². The Bertz CT molecular complexity index is 222. The number of esters is 1. The van der Waals surface area contributed by atoms with Crippen LogP contribution in [0.4, 0.5) is 13.2 Å². The predicted molar refractivity (Wildman–Crippen MR) is 49.8 cm³/mol. The van der Waals surface area contributed by atoms with Gasteiger partial charge in [-0.1, -0.05) is 0 Å². The number of hydrogen-bond donors (Lipinski definition) is 1. The van der Waals surface area contributed by atoms with Gasteiger partial charge < -0.3 is 10.1 Å². The number of alkyl halides is 3. The summed E-state index contributed by atoms with van der Waals surface area (Å²) >= 11 is 0. The minimum Gasteiger partial charge on any atom is -0.469 e. The second kappa shape index (κ2) is 5.55. The summed E-state index contributed by atoms with van der Waals surface area (Å²) in [5, 5.41) is 2.34. The summed E-state index contributed by atoms with van der Waals surface area (Å²) in [5.74, 6) is -1.19. The highest BCUT2D eigenvalue weighted by molar-refractivity contribution is 5.85. The SMILES string of the molecule is COC(=O)C1CCNC(C(F)(F)F)C1.Cl. The fourth-order valence-electron chi connectivity index (χ4n) is 1.55. The van der Waals surface area contributed by atoms with Crippen molar-refractivity contribution in [1.29, 1.82) is 0 Å². The number of hydrogen-bond acceptors (Lipinski definition) is 3. The Morgan fingerprint density at radius 2 is 2.07 bits per heavy atom. The number of halogens is 4. The maximum absolute atomic E-state index is 12.3.